The van der Waals surface area contributed by atoms with Crippen molar-refractivity contribution in [2.75, 3.05) is 6.61 Å². The van der Waals surface area contributed by atoms with Crippen molar-refractivity contribution in [3.8, 4) is 0 Å². The standard InChI is InChI=1S/C19H16Cl2F3NO5S/c20-9-2-1-8(5-10(9)21)31-19-17(28)15(16(27)13(6-26)30-19)25-18(29)7-3-11(22)14(24)12(23)4-7/h1-5,13,15-17,19,26-28H,6H2,(H,25,29)/t13?,15?,16-,17+,19+/m0/s1. The fourth-order valence-corrected chi connectivity index (χ4v) is 4.43. The number of nitrogens with one attached hydrogen (secondary N) is 1. The van der Waals surface area contributed by atoms with Crippen LogP contribution in [0.2, 0.25) is 10.0 Å². The summed E-state index contributed by atoms with van der Waals surface area (Å²) in [7, 11) is 0. The maximum Gasteiger partial charge on any atom is 0.251 e. The van der Waals surface area contributed by atoms with E-state index in [1.807, 2.05) is 0 Å². The number of aliphatic hydroxyl groups is 3. The van der Waals surface area contributed by atoms with Crippen LogP contribution < -0.4 is 5.32 Å². The topological polar surface area (TPSA) is 99.0 Å². The van der Waals surface area contributed by atoms with Crippen LogP contribution >= 0.6 is 35.0 Å². The predicted molar refractivity (Wildman–Crippen MR) is 108 cm³/mol. The summed E-state index contributed by atoms with van der Waals surface area (Å²) < 4.78 is 45.5. The number of hydrogen-bond donors (Lipinski definition) is 4. The monoisotopic (exact) mass is 497 g/mol. The van der Waals surface area contributed by atoms with Gasteiger partial charge in [-0.3, -0.25) is 4.79 Å². The molecule has 1 fully saturated rings. The summed E-state index contributed by atoms with van der Waals surface area (Å²) in [5.74, 6) is -5.95. The van der Waals surface area contributed by atoms with Crippen LogP contribution in [0.1, 0.15) is 10.4 Å². The molecule has 4 N–H and O–H groups in total. The lowest BCUT2D eigenvalue weighted by Crippen LogP contribution is -2.63. The zero-order chi connectivity index (χ0) is 22.9. The maximum atomic E-state index is 13.4. The number of ether oxygens (including phenoxy) is 1. The zero-order valence-corrected chi connectivity index (χ0v) is 17.8. The van der Waals surface area contributed by atoms with E-state index in [-0.39, 0.29) is 5.02 Å². The fraction of sp³-hybridized carbons (Fsp3) is 0.316. The van der Waals surface area contributed by atoms with Crippen molar-refractivity contribution in [2.45, 2.75) is 34.7 Å². The Bertz CT molecular complexity index is 963. The first-order chi connectivity index (χ1) is 14.6. The van der Waals surface area contributed by atoms with Crippen LogP contribution in [-0.2, 0) is 4.74 Å². The second-order valence-electron chi connectivity index (χ2n) is 6.65. The van der Waals surface area contributed by atoms with E-state index in [4.69, 9.17) is 27.9 Å². The van der Waals surface area contributed by atoms with Crippen LogP contribution in [0.3, 0.4) is 0 Å². The van der Waals surface area contributed by atoms with Gasteiger partial charge < -0.3 is 25.4 Å². The van der Waals surface area contributed by atoms with Gasteiger partial charge in [0.05, 0.1) is 22.7 Å². The van der Waals surface area contributed by atoms with Crippen molar-refractivity contribution in [2.24, 2.45) is 0 Å². The molecule has 1 aliphatic rings. The smallest absolute Gasteiger partial charge is 0.251 e. The Morgan fingerprint density at radius 1 is 1.06 bits per heavy atom. The van der Waals surface area contributed by atoms with Gasteiger partial charge in [0.15, 0.2) is 17.5 Å². The Morgan fingerprint density at radius 3 is 2.29 bits per heavy atom. The van der Waals surface area contributed by atoms with Crippen LogP contribution in [0.4, 0.5) is 13.2 Å². The average Bonchev–Trinajstić information content (AvgIpc) is 2.73. The number of carbonyl (C=O) groups is 1. The van der Waals surface area contributed by atoms with Crippen molar-refractivity contribution in [1.82, 2.24) is 5.32 Å². The Hall–Kier alpha value is -1.53. The number of hydrogen-bond acceptors (Lipinski definition) is 6. The number of halogens is 5. The molecule has 0 saturated carbocycles. The molecule has 1 saturated heterocycles. The lowest BCUT2D eigenvalue weighted by molar-refractivity contribution is -0.164. The summed E-state index contributed by atoms with van der Waals surface area (Å²) in [5, 5.41) is 33.4. The van der Waals surface area contributed by atoms with Gasteiger partial charge in [-0.05, 0) is 30.3 Å². The van der Waals surface area contributed by atoms with Gasteiger partial charge in [-0.1, -0.05) is 35.0 Å². The normalized spacial score (nSPS) is 26.0. The van der Waals surface area contributed by atoms with Crippen LogP contribution in [0, 0.1) is 17.5 Å². The molecule has 5 atom stereocenters. The molecule has 0 spiro atoms. The molecular weight excluding hydrogens is 482 g/mol. The summed E-state index contributed by atoms with van der Waals surface area (Å²) in [6, 6.07) is 4.23. The number of carbonyl (C=O) groups excluding carboxylic acids is 1. The first-order valence-corrected chi connectivity index (χ1v) is 10.5. The fourth-order valence-electron chi connectivity index (χ4n) is 2.96. The Labute approximate surface area is 188 Å². The average molecular weight is 498 g/mol. The van der Waals surface area contributed by atoms with Crippen LogP contribution in [0.25, 0.3) is 0 Å². The zero-order valence-electron chi connectivity index (χ0n) is 15.4. The number of rotatable bonds is 5. The van der Waals surface area contributed by atoms with E-state index in [1.54, 1.807) is 6.07 Å². The van der Waals surface area contributed by atoms with E-state index in [9.17, 15) is 33.3 Å². The molecule has 0 bridgehead atoms. The summed E-state index contributed by atoms with van der Waals surface area (Å²) in [6.45, 7) is -0.640. The first kappa shape index (κ1) is 24.1. The third-order valence-electron chi connectivity index (χ3n) is 4.57. The molecule has 1 heterocycles. The molecule has 2 aromatic carbocycles. The van der Waals surface area contributed by atoms with Crippen molar-refractivity contribution in [1.29, 1.82) is 0 Å². The highest BCUT2D eigenvalue weighted by Gasteiger charge is 2.45. The third-order valence-corrected chi connectivity index (χ3v) is 6.46. The second-order valence-corrected chi connectivity index (χ2v) is 8.64. The van der Waals surface area contributed by atoms with Gasteiger partial charge in [-0.15, -0.1) is 0 Å². The third kappa shape index (κ3) is 5.28. The van der Waals surface area contributed by atoms with E-state index in [0.29, 0.717) is 22.1 Å². The molecule has 2 unspecified atom stereocenters. The molecule has 1 aliphatic heterocycles. The van der Waals surface area contributed by atoms with E-state index in [1.165, 1.54) is 12.1 Å². The minimum atomic E-state index is -1.74. The highest BCUT2D eigenvalue weighted by Crippen LogP contribution is 2.36. The van der Waals surface area contributed by atoms with Crippen LogP contribution in [-0.4, -0.2) is 57.6 Å². The molecule has 2 aromatic rings. The van der Waals surface area contributed by atoms with Crippen molar-refractivity contribution >= 4 is 40.9 Å². The number of amides is 1. The SMILES string of the molecule is O=C(NC1[C@@H](O)C(CO)O[C@H](Sc2ccc(Cl)c(Cl)c2)[C@@H]1O)c1cc(F)c(F)c(F)c1. The van der Waals surface area contributed by atoms with E-state index in [0.717, 1.165) is 11.8 Å². The van der Waals surface area contributed by atoms with Gasteiger partial charge in [0, 0.05) is 10.5 Å². The second kappa shape index (κ2) is 9.95. The van der Waals surface area contributed by atoms with Gasteiger partial charge in [0.2, 0.25) is 0 Å². The molecule has 0 aliphatic carbocycles. The van der Waals surface area contributed by atoms with Crippen molar-refractivity contribution in [3.05, 3.63) is 63.4 Å². The maximum absolute atomic E-state index is 13.4. The van der Waals surface area contributed by atoms with Gasteiger partial charge in [0.1, 0.15) is 23.7 Å². The van der Waals surface area contributed by atoms with Crippen molar-refractivity contribution < 1.29 is 38.0 Å². The predicted octanol–water partition coefficient (Wildman–Crippen LogP) is 2.74. The minimum Gasteiger partial charge on any atom is -0.394 e. The largest absolute Gasteiger partial charge is 0.394 e. The number of benzene rings is 2. The highest BCUT2D eigenvalue weighted by molar-refractivity contribution is 7.99. The summed E-state index contributed by atoms with van der Waals surface area (Å²) in [5.41, 5.74) is -1.62. The molecule has 31 heavy (non-hydrogen) atoms. The molecule has 6 nitrogen and oxygen atoms in total. The van der Waals surface area contributed by atoms with Crippen LogP contribution in [0.5, 0.6) is 0 Å². The minimum absolute atomic E-state index is 0.251. The van der Waals surface area contributed by atoms with E-state index < -0.39 is 65.3 Å². The van der Waals surface area contributed by atoms with Crippen LogP contribution in [0.15, 0.2) is 35.2 Å². The Balaban J connectivity index is 1.82. The molecule has 3 rings (SSSR count). The lowest BCUT2D eigenvalue weighted by Gasteiger charge is -2.42. The molecule has 0 aromatic heterocycles. The molecule has 168 valence electrons. The summed E-state index contributed by atoms with van der Waals surface area (Å²) in [4.78, 5) is 13.0. The van der Waals surface area contributed by atoms with Gasteiger partial charge in [0.25, 0.3) is 5.91 Å². The van der Waals surface area contributed by atoms with Crippen molar-refractivity contribution in [3.63, 3.8) is 0 Å². The molecule has 0 radical (unpaired) electrons. The highest BCUT2D eigenvalue weighted by atomic mass is 35.5. The van der Waals surface area contributed by atoms with E-state index in [2.05, 4.69) is 5.32 Å². The van der Waals surface area contributed by atoms with Gasteiger partial charge >= 0.3 is 0 Å². The Kier molecular flexibility index (Phi) is 7.74. The summed E-state index contributed by atoms with van der Waals surface area (Å²) in [6.07, 6.45) is -4.24. The van der Waals surface area contributed by atoms with Gasteiger partial charge in [-0.2, -0.15) is 0 Å². The van der Waals surface area contributed by atoms with Gasteiger partial charge in [-0.25, -0.2) is 13.2 Å². The molecular formula is C19H16Cl2F3NO5S. The number of aliphatic hydroxyl groups excluding tert-OH is 3. The molecule has 1 amide bonds. The lowest BCUT2D eigenvalue weighted by atomic mass is 9.96. The van der Waals surface area contributed by atoms with E-state index >= 15 is 0 Å². The Morgan fingerprint density at radius 2 is 1.71 bits per heavy atom. The molecule has 12 heteroatoms. The number of thioether (sulfide) groups is 1. The first-order valence-electron chi connectivity index (χ1n) is 8.82. The quantitative estimate of drug-likeness (QED) is 0.474. The summed E-state index contributed by atoms with van der Waals surface area (Å²) >= 11 is 12.8.